The van der Waals surface area contributed by atoms with E-state index in [2.05, 4.69) is 21.0 Å². The zero-order valence-corrected chi connectivity index (χ0v) is 14.2. The van der Waals surface area contributed by atoms with Gasteiger partial charge in [0.25, 0.3) is 0 Å². The van der Waals surface area contributed by atoms with Gasteiger partial charge in [-0.15, -0.1) is 0 Å². The van der Waals surface area contributed by atoms with Crippen molar-refractivity contribution in [1.82, 2.24) is 15.6 Å². The van der Waals surface area contributed by atoms with Gasteiger partial charge in [0.15, 0.2) is 11.6 Å². The first-order valence-corrected chi connectivity index (χ1v) is 8.14. The molecule has 0 radical (unpaired) electrons. The molecule has 130 valence electrons. The number of halogens is 1. The quantitative estimate of drug-likeness (QED) is 0.410. The summed E-state index contributed by atoms with van der Waals surface area (Å²) < 4.78 is 5.66. The molecule has 0 unspecified atom stereocenters. The lowest BCUT2D eigenvalue weighted by Crippen LogP contribution is -2.28. The minimum atomic E-state index is -0.403. The molecule has 5 N–H and O–H groups in total. The predicted octanol–water partition coefficient (Wildman–Crippen LogP) is 3.82. The molecule has 0 aliphatic heterocycles. The lowest BCUT2D eigenvalue weighted by Gasteiger charge is -2.07. The molecule has 1 amide bonds. The normalized spacial score (nSPS) is 10.8. The first kappa shape index (κ1) is 16.0. The predicted molar refractivity (Wildman–Crippen MR) is 101 cm³/mol. The van der Waals surface area contributed by atoms with Crippen LogP contribution in [0.1, 0.15) is 10.6 Å². The van der Waals surface area contributed by atoms with Crippen molar-refractivity contribution in [2.45, 2.75) is 0 Å². The van der Waals surface area contributed by atoms with Crippen molar-refractivity contribution < 1.29 is 9.21 Å². The van der Waals surface area contributed by atoms with Crippen LogP contribution in [0.15, 0.2) is 59.0 Å². The highest BCUT2D eigenvalue weighted by Gasteiger charge is 2.13. The zero-order valence-electron chi connectivity index (χ0n) is 13.4. The first-order chi connectivity index (χ1) is 12.6. The zero-order chi connectivity index (χ0) is 18.1. The second kappa shape index (κ2) is 6.45. The van der Waals surface area contributed by atoms with Crippen LogP contribution in [0.4, 0.5) is 11.5 Å². The minimum absolute atomic E-state index is 0.176. The Hall–Kier alpha value is -3.45. The van der Waals surface area contributed by atoms with Crippen LogP contribution in [0.5, 0.6) is 0 Å². The van der Waals surface area contributed by atoms with Crippen LogP contribution in [0.2, 0.25) is 5.02 Å². The number of nitrogens with two attached hydrogens (primary N) is 1. The average molecular weight is 368 g/mol. The summed E-state index contributed by atoms with van der Waals surface area (Å²) in [7, 11) is 0. The maximum absolute atomic E-state index is 12.2. The highest BCUT2D eigenvalue weighted by atomic mass is 35.5. The number of hydrogen-bond donors (Lipinski definition) is 4. The molecule has 0 atom stereocenters. The Morgan fingerprint density at radius 2 is 2.04 bits per heavy atom. The van der Waals surface area contributed by atoms with Gasteiger partial charge in [0.2, 0.25) is 0 Å². The number of nitrogens with one attached hydrogen (secondary N) is 3. The van der Waals surface area contributed by atoms with E-state index in [9.17, 15) is 4.79 Å². The van der Waals surface area contributed by atoms with E-state index in [4.69, 9.17) is 21.8 Å². The number of furan rings is 1. The van der Waals surface area contributed by atoms with Crippen molar-refractivity contribution in [3.8, 4) is 11.3 Å². The molecular formula is C18H14ClN5O2. The van der Waals surface area contributed by atoms with Gasteiger partial charge in [-0.25, -0.2) is 0 Å². The summed E-state index contributed by atoms with van der Waals surface area (Å²) in [6.45, 7) is 0. The summed E-state index contributed by atoms with van der Waals surface area (Å²) in [5.74, 6) is 0.743. The smallest absolute Gasteiger partial charge is 0.305 e. The Labute approximate surface area is 153 Å². The van der Waals surface area contributed by atoms with Crippen LogP contribution in [0, 0.1) is 0 Å². The number of carbonyl (C=O) groups excluding carboxylic acids is 1. The fourth-order valence-corrected chi connectivity index (χ4v) is 2.75. The number of hydrogen-bond acceptors (Lipinski definition) is 5. The largest absolute Gasteiger partial charge is 0.451 e. The van der Waals surface area contributed by atoms with Crippen molar-refractivity contribution in [3.05, 3.63) is 65.4 Å². The third kappa shape index (κ3) is 3.07. The molecular weight excluding hydrogens is 354 g/mol. The number of nitrogens with zero attached hydrogens (tertiary/aromatic N) is 1. The van der Waals surface area contributed by atoms with E-state index < -0.39 is 5.91 Å². The van der Waals surface area contributed by atoms with Crippen LogP contribution in [-0.4, -0.2) is 16.1 Å². The monoisotopic (exact) mass is 367 g/mol. The summed E-state index contributed by atoms with van der Waals surface area (Å²) in [4.78, 5) is 12.2. The van der Waals surface area contributed by atoms with E-state index in [1.165, 1.54) is 0 Å². The van der Waals surface area contributed by atoms with Crippen molar-refractivity contribution in [1.29, 1.82) is 0 Å². The highest BCUT2D eigenvalue weighted by molar-refractivity contribution is 6.30. The lowest BCUT2D eigenvalue weighted by molar-refractivity contribution is 0.0936. The number of anilines is 2. The van der Waals surface area contributed by atoms with Gasteiger partial charge < -0.3 is 10.2 Å². The number of fused-ring (bicyclic) bond motifs is 1. The van der Waals surface area contributed by atoms with Gasteiger partial charge in [0, 0.05) is 16.0 Å². The van der Waals surface area contributed by atoms with E-state index in [0.29, 0.717) is 22.3 Å². The first-order valence-electron chi connectivity index (χ1n) is 7.76. The Balaban J connectivity index is 1.51. The fraction of sp³-hybridized carbons (Fsp3) is 0. The number of benzene rings is 2. The number of aromatic amines is 1. The summed E-state index contributed by atoms with van der Waals surface area (Å²) in [5, 5.41) is 8.17. The SMILES string of the molecule is Nc1n[nH]c2ccc(-c3ccc(C(=O)NNc4cccc(Cl)c4)o3)cc12. The molecule has 8 heteroatoms. The van der Waals surface area contributed by atoms with E-state index in [-0.39, 0.29) is 5.76 Å². The molecule has 4 rings (SSSR count). The maximum atomic E-state index is 12.2. The molecule has 2 heterocycles. The molecule has 2 aromatic heterocycles. The number of hydrazine groups is 1. The standard InChI is InChI=1S/C18H14ClN5O2/c19-11-2-1-3-12(9-11)21-24-18(25)16-7-6-15(26-16)10-4-5-14-13(8-10)17(20)23-22-14/h1-9,21H,(H,24,25)(H3,20,22,23). The van der Waals surface area contributed by atoms with E-state index in [1.54, 1.807) is 36.4 Å². The molecule has 7 nitrogen and oxygen atoms in total. The molecule has 0 bridgehead atoms. The maximum Gasteiger partial charge on any atom is 0.305 e. The van der Waals surface area contributed by atoms with Crippen LogP contribution in [0.3, 0.4) is 0 Å². The Morgan fingerprint density at radius 1 is 1.15 bits per heavy atom. The summed E-state index contributed by atoms with van der Waals surface area (Å²) >= 11 is 5.91. The fourth-order valence-electron chi connectivity index (χ4n) is 2.56. The molecule has 2 aromatic carbocycles. The van der Waals surface area contributed by atoms with Gasteiger partial charge >= 0.3 is 5.91 Å². The molecule has 0 saturated carbocycles. The van der Waals surface area contributed by atoms with Crippen molar-refractivity contribution in [2.24, 2.45) is 0 Å². The molecule has 0 spiro atoms. The van der Waals surface area contributed by atoms with Crippen molar-refractivity contribution in [2.75, 3.05) is 11.2 Å². The van der Waals surface area contributed by atoms with Gasteiger partial charge in [-0.2, -0.15) is 5.10 Å². The van der Waals surface area contributed by atoms with Gasteiger partial charge in [0.1, 0.15) is 5.76 Å². The molecule has 0 aliphatic rings. The van der Waals surface area contributed by atoms with Crippen LogP contribution < -0.4 is 16.6 Å². The molecule has 26 heavy (non-hydrogen) atoms. The summed E-state index contributed by atoms with van der Waals surface area (Å²) in [6, 6.07) is 15.9. The third-order valence-corrected chi connectivity index (χ3v) is 4.09. The number of amides is 1. The van der Waals surface area contributed by atoms with Gasteiger partial charge in [-0.05, 0) is 48.5 Å². The Bertz CT molecular complexity index is 1100. The highest BCUT2D eigenvalue weighted by Crippen LogP contribution is 2.27. The number of nitrogen functional groups attached to an aromatic ring is 1. The summed E-state index contributed by atoms with van der Waals surface area (Å²) in [6.07, 6.45) is 0. The van der Waals surface area contributed by atoms with E-state index in [1.807, 2.05) is 18.2 Å². The van der Waals surface area contributed by atoms with Crippen LogP contribution >= 0.6 is 11.6 Å². The lowest BCUT2D eigenvalue weighted by atomic mass is 10.1. The second-order valence-electron chi connectivity index (χ2n) is 5.62. The number of H-pyrrole nitrogens is 1. The van der Waals surface area contributed by atoms with E-state index >= 15 is 0 Å². The van der Waals surface area contributed by atoms with Gasteiger partial charge in [-0.1, -0.05) is 17.7 Å². The molecule has 4 aromatic rings. The second-order valence-corrected chi connectivity index (χ2v) is 6.06. The molecule has 0 aliphatic carbocycles. The Kier molecular flexibility index (Phi) is 3.98. The van der Waals surface area contributed by atoms with Crippen molar-refractivity contribution >= 4 is 39.9 Å². The molecule has 0 saturated heterocycles. The number of carbonyl (C=O) groups is 1. The summed E-state index contributed by atoms with van der Waals surface area (Å²) in [5.41, 5.74) is 13.5. The third-order valence-electron chi connectivity index (χ3n) is 3.85. The van der Waals surface area contributed by atoms with Crippen LogP contribution in [-0.2, 0) is 0 Å². The van der Waals surface area contributed by atoms with Gasteiger partial charge in [0.05, 0.1) is 11.2 Å². The topological polar surface area (TPSA) is 109 Å². The Morgan fingerprint density at radius 3 is 2.88 bits per heavy atom. The minimum Gasteiger partial charge on any atom is -0.451 e. The number of rotatable bonds is 4. The molecule has 0 fully saturated rings. The van der Waals surface area contributed by atoms with Crippen LogP contribution in [0.25, 0.3) is 22.2 Å². The van der Waals surface area contributed by atoms with E-state index in [0.717, 1.165) is 16.5 Å². The average Bonchev–Trinajstić information content (AvgIpc) is 3.27. The number of aromatic nitrogens is 2. The van der Waals surface area contributed by atoms with Crippen molar-refractivity contribution in [3.63, 3.8) is 0 Å². The van der Waals surface area contributed by atoms with Gasteiger partial charge in [-0.3, -0.25) is 20.7 Å².